The van der Waals surface area contributed by atoms with Crippen molar-refractivity contribution in [2.45, 2.75) is 12.8 Å². The van der Waals surface area contributed by atoms with Crippen LogP contribution in [-0.2, 0) is 6.42 Å². The summed E-state index contributed by atoms with van der Waals surface area (Å²) in [7, 11) is 0. The monoisotopic (exact) mass is 179 g/mol. The number of nitrogens with zero attached hydrogens (tertiary/aromatic N) is 1. The van der Waals surface area contributed by atoms with E-state index in [1.165, 1.54) is 0 Å². The van der Waals surface area contributed by atoms with E-state index in [0.29, 0.717) is 5.88 Å². The molecule has 1 aromatic rings. The summed E-state index contributed by atoms with van der Waals surface area (Å²) in [5, 5.41) is 8.73. The molecule has 2 heteroatoms. The maximum atomic E-state index is 8.73. The van der Waals surface area contributed by atoms with E-state index in [4.69, 9.17) is 16.9 Å². The summed E-state index contributed by atoms with van der Waals surface area (Å²) >= 11 is 5.56. The van der Waals surface area contributed by atoms with E-state index in [0.717, 1.165) is 24.0 Å². The molecular weight excluding hydrogens is 170 g/mol. The van der Waals surface area contributed by atoms with Crippen molar-refractivity contribution in [2.75, 3.05) is 5.88 Å². The Morgan fingerprint density at radius 2 is 2.08 bits per heavy atom. The fourth-order valence-corrected chi connectivity index (χ4v) is 1.24. The Hall–Kier alpha value is -1.00. The van der Waals surface area contributed by atoms with Gasteiger partial charge in [-0.25, -0.2) is 0 Å². The highest BCUT2D eigenvalue weighted by Crippen LogP contribution is 2.09. The Morgan fingerprint density at radius 3 is 2.75 bits per heavy atom. The van der Waals surface area contributed by atoms with Gasteiger partial charge >= 0.3 is 0 Å². The van der Waals surface area contributed by atoms with E-state index in [1.54, 1.807) is 0 Å². The van der Waals surface area contributed by atoms with Crippen LogP contribution in [0.25, 0.3) is 0 Å². The van der Waals surface area contributed by atoms with Gasteiger partial charge in [0.05, 0.1) is 11.6 Å². The lowest BCUT2D eigenvalue weighted by Crippen LogP contribution is -1.90. The Labute approximate surface area is 77.6 Å². The number of hydrogen-bond donors (Lipinski definition) is 0. The Kier molecular flexibility index (Phi) is 3.63. The van der Waals surface area contributed by atoms with E-state index in [2.05, 4.69) is 6.07 Å². The van der Waals surface area contributed by atoms with Crippen LogP contribution in [0.3, 0.4) is 0 Å². The number of halogens is 1. The molecule has 0 spiro atoms. The van der Waals surface area contributed by atoms with Gasteiger partial charge in [0.25, 0.3) is 0 Å². The van der Waals surface area contributed by atoms with Gasteiger partial charge in [-0.3, -0.25) is 0 Å². The number of rotatable bonds is 3. The molecule has 0 saturated heterocycles. The third-order valence-electron chi connectivity index (χ3n) is 1.72. The minimum absolute atomic E-state index is 0.653. The van der Waals surface area contributed by atoms with Gasteiger partial charge in [0.1, 0.15) is 0 Å². The zero-order chi connectivity index (χ0) is 8.81. The maximum Gasteiger partial charge on any atom is 0.0994 e. The molecule has 1 aromatic carbocycles. The van der Waals surface area contributed by atoms with Crippen LogP contribution in [0.15, 0.2) is 24.3 Å². The minimum atomic E-state index is 0.653. The zero-order valence-electron chi connectivity index (χ0n) is 6.76. The molecule has 0 atom stereocenters. The largest absolute Gasteiger partial charge is 0.192 e. The molecule has 0 fully saturated rings. The SMILES string of the molecule is N#Cc1ccccc1CCCCl. The summed E-state index contributed by atoms with van der Waals surface area (Å²) in [6, 6.07) is 9.80. The predicted molar refractivity (Wildman–Crippen MR) is 50.2 cm³/mol. The summed E-state index contributed by atoms with van der Waals surface area (Å²) in [5.41, 5.74) is 1.86. The molecule has 12 heavy (non-hydrogen) atoms. The highest BCUT2D eigenvalue weighted by molar-refractivity contribution is 6.17. The van der Waals surface area contributed by atoms with Gasteiger partial charge in [-0.05, 0) is 24.5 Å². The summed E-state index contributed by atoms with van der Waals surface area (Å²) in [6.07, 6.45) is 1.83. The Balaban J connectivity index is 2.77. The third-order valence-corrected chi connectivity index (χ3v) is 1.98. The van der Waals surface area contributed by atoms with Crippen LogP contribution in [0.5, 0.6) is 0 Å². The molecule has 62 valence electrons. The van der Waals surface area contributed by atoms with Gasteiger partial charge in [-0.2, -0.15) is 5.26 Å². The summed E-state index contributed by atoms with van der Waals surface area (Å²) < 4.78 is 0. The second-order valence-corrected chi connectivity index (χ2v) is 2.94. The van der Waals surface area contributed by atoms with E-state index >= 15 is 0 Å². The Bertz CT molecular complexity index is 288. The van der Waals surface area contributed by atoms with E-state index < -0.39 is 0 Å². The van der Waals surface area contributed by atoms with Crippen LogP contribution in [0.2, 0.25) is 0 Å². The average molecular weight is 180 g/mol. The predicted octanol–water partition coefficient (Wildman–Crippen LogP) is 2.73. The van der Waals surface area contributed by atoms with Crippen molar-refractivity contribution < 1.29 is 0 Å². The number of aryl methyl sites for hydroxylation is 1. The van der Waals surface area contributed by atoms with Crippen molar-refractivity contribution in [3.05, 3.63) is 35.4 Å². The molecule has 0 bridgehead atoms. The van der Waals surface area contributed by atoms with Crippen LogP contribution in [0.1, 0.15) is 17.5 Å². The van der Waals surface area contributed by atoms with Crippen LogP contribution in [0.4, 0.5) is 0 Å². The van der Waals surface area contributed by atoms with E-state index in [-0.39, 0.29) is 0 Å². The molecule has 0 N–H and O–H groups in total. The molecule has 1 nitrogen and oxygen atoms in total. The number of nitriles is 1. The van der Waals surface area contributed by atoms with Gasteiger partial charge in [-0.1, -0.05) is 18.2 Å². The molecule has 0 aliphatic heterocycles. The average Bonchev–Trinajstić information content (AvgIpc) is 2.15. The molecule has 0 saturated carbocycles. The lowest BCUT2D eigenvalue weighted by atomic mass is 10.0. The lowest BCUT2D eigenvalue weighted by Gasteiger charge is -2.00. The summed E-state index contributed by atoms with van der Waals surface area (Å²) in [4.78, 5) is 0. The number of benzene rings is 1. The first-order valence-corrected chi connectivity index (χ1v) is 4.46. The lowest BCUT2D eigenvalue weighted by molar-refractivity contribution is 0.925. The smallest absolute Gasteiger partial charge is 0.0994 e. The first-order valence-electron chi connectivity index (χ1n) is 3.92. The van der Waals surface area contributed by atoms with E-state index in [9.17, 15) is 0 Å². The number of hydrogen-bond acceptors (Lipinski definition) is 1. The molecule has 0 radical (unpaired) electrons. The van der Waals surface area contributed by atoms with Crippen LogP contribution in [0, 0.1) is 11.3 Å². The number of alkyl halides is 1. The maximum absolute atomic E-state index is 8.73. The highest BCUT2D eigenvalue weighted by Gasteiger charge is 1.98. The fourth-order valence-electron chi connectivity index (χ4n) is 1.10. The van der Waals surface area contributed by atoms with Gasteiger partial charge in [0.2, 0.25) is 0 Å². The van der Waals surface area contributed by atoms with Crippen LogP contribution < -0.4 is 0 Å². The third kappa shape index (κ3) is 2.25. The normalized spacial score (nSPS) is 9.33. The first-order chi connectivity index (χ1) is 5.88. The molecule has 0 aromatic heterocycles. The second-order valence-electron chi connectivity index (χ2n) is 2.56. The van der Waals surface area contributed by atoms with Crippen molar-refractivity contribution in [3.63, 3.8) is 0 Å². The topological polar surface area (TPSA) is 23.8 Å². The van der Waals surface area contributed by atoms with Gasteiger partial charge < -0.3 is 0 Å². The van der Waals surface area contributed by atoms with Crippen molar-refractivity contribution in [2.24, 2.45) is 0 Å². The second kappa shape index (κ2) is 4.79. The molecule has 0 aliphatic rings. The molecule has 0 aliphatic carbocycles. The molecule has 0 unspecified atom stereocenters. The minimum Gasteiger partial charge on any atom is -0.192 e. The van der Waals surface area contributed by atoms with Crippen molar-refractivity contribution in [1.82, 2.24) is 0 Å². The zero-order valence-corrected chi connectivity index (χ0v) is 7.51. The fraction of sp³-hybridized carbons (Fsp3) is 0.300. The molecular formula is C10H10ClN. The van der Waals surface area contributed by atoms with Crippen molar-refractivity contribution >= 4 is 11.6 Å². The van der Waals surface area contributed by atoms with Gasteiger partial charge in [-0.15, -0.1) is 11.6 Å². The Morgan fingerprint density at radius 1 is 1.33 bits per heavy atom. The van der Waals surface area contributed by atoms with E-state index in [1.807, 2.05) is 24.3 Å². The standard InChI is InChI=1S/C10H10ClN/c11-7-3-6-9-4-1-2-5-10(9)8-12/h1-2,4-5H,3,6-7H2. The molecule has 1 rings (SSSR count). The van der Waals surface area contributed by atoms with Crippen molar-refractivity contribution in [3.8, 4) is 6.07 Å². The first kappa shape index (κ1) is 9.09. The van der Waals surface area contributed by atoms with Crippen LogP contribution in [-0.4, -0.2) is 5.88 Å². The van der Waals surface area contributed by atoms with Crippen molar-refractivity contribution in [1.29, 1.82) is 5.26 Å². The quantitative estimate of drug-likeness (QED) is 0.655. The van der Waals surface area contributed by atoms with Gasteiger partial charge in [0.15, 0.2) is 0 Å². The highest BCUT2D eigenvalue weighted by atomic mass is 35.5. The van der Waals surface area contributed by atoms with Gasteiger partial charge in [0, 0.05) is 5.88 Å². The molecule has 0 heterocycles. The molecule has 0 amide bonds. The summed E-state index contributed by atoms with van der Waals surface area (Å²) in [5.74, 6) is 0.653. The van der Waals surface area contributed by atoms with Crippen LogP contribution >= 0.6 is 11.6 Å². The summed E-state index contributed by atoms with van der Waals surface area (Å²) in [6.45, 7) is 0.